The van der Waals surface area contributed by atoms with Crippen LogP contribution in [0, 0.1) is 0 Å². The van der Waals surface area contributed by atoms with Gasteiger partial charge in [-0.05, 0) is 38.3 Å². The van der Waals surface area contributed by atoms with Crippen molar-refractivity contribution in [3.63, 3.8) is 0 Å². The van der Waals surface area contributed by atoms with Gasteiger partial charge in [-0.2, -0.15) is 10.2 Å². The minimum Gasteiger partial charge on any atom is -0.282 e. The van der Waals surface area contributed by atoms with Crippen LogP contribution >= 0.6 is 0 Å². The van der Waals surface area contributed by atoms with Crippen LogP contribution in [0.2, 0.25) is 0 Å². The molecule has 0 saturated heterocycles. The lowest BCUT2D eigenvalue weighted by molar-refractivity contribution is 0.541. The van der Waals surface area contributed by atoms with Gasteiger partial charge in [-0.15, -0.1) is 5.10 Å². The van der Waals surface area contributed by atoms with E-state index in [1.165, 1.54) is 0 Å². The van der Waals surface area contributed by atoms with Crippen molar-refractivity contribution in [2.24, 2.45) is 7.05 Å². The average Bonchev–Trinajstić information content (AvgIpc) is 3.28. The van der Waals surface area contributed by atoms with E-state index in [0.29, 0.717) is 11.8 Å². The SMILES string of the molecule is CC(C)c1cc(C(C)(C)c2cc(CC(C)c3cnn[nH]3)nn2C)n[nH]1. The van der Waals surface area contributed by atoms with Gasteiger partial charge in [0.25, 0.3) is 0 Å². The number of hydrogen-bond donors (Lipinski definition) is 2. The molecule has 25 heavy (non-hydrogen) atoms. The van der Waals surface area contributed by atoms with Crippen molar-refractivity contribution in [3.05, 3.63) is 46.8 Å². The van der Waals surface area contributed by atoms with Crippen LogP contribution in [0.5, 0.6) is 0 Å². The highest BCUT2D eigenvalue weighted by atomic mass is 15.3. The Kier molecular flexibility index (Phi) is 4.49. The Morgan fingerprint density at radius 3 is 2.48 bits per heavy atom. The maximum atomic E-state index is 4.72. The summed E-state index contributed by atoms with van der Waals surface area (Å²) >= 11 is 0. The lowest BCUT2D eigenvalue weighted by atomic mass is 9.84. The first-order valence-corrected chi connectivity index (χ1v) is 8.74. The third-order valence-corrected chi connectivity index (χ3v) is 4.91. The Bertz CT molecular complexity index is 824. The van der Waals surface area contributed by atoms with Crippen LogP contribution in [0.3, 0.4) is 0 Å². The molecule has 7 heteroatoms. The smallest absolute Gasteiger partial charge is 0.0740 e. The van der Waals surface area contributed by atoms with Crippen molar-refractivity contribution in [2.75, 3.05) is 0 Å². The zero-order valence-corrected chi connectivity index (χ0v) is 15.8. The first-order chi connectivity index (χ1) is 11.8. The van der Waals surface area contributed by atoms with E-state index in [9.17, 15) is 0 Å². The lowest BCUT2D eigenvalue weighted by Crippen LogP contribution is -2.23. The van der Waals surface area contributed by atoms with Gasteiger partial charge in [-0.25, -0.2) is 0 Å². The molecule has 0 aliphatic rings. The minimum absolute atomic E-state index is 0.220. The molecular weight excluding hydrogens is 314 g/mol. The van der Waals surface area contributed by atoms with Crippen molar-refractivity contribution in [3.8, 4) is 0 Å². The quantitative estimate of drug-likeness (QED) is 0.721. The van der Waals surface area contributed by atoms with Crippen LogP contribution in [-0.4, -0.2) is 35.4 Å². The second-order valence-electron chi connectivity index (χ2n) is 7.65. The summed E-state index contributed by atoms with van der Waals surface area (Å²) in [5.74, 6) is 0.724. The molecule has 0 spiro atoms. The van der Waals surface area contributed by atoms with Gasteiger partial charge in [0.2, 0.25) is 0 Å². The first kappa shape index (κ1) is 17.4. The fraction of sp³-hybridized carbons (Fsp3) is 0.556. The van der Waals surface area contributed by atoms with Crippen molar-refractivity contribution in [2.45, 2.75) is 58.3 Å². The molecule has 3 rings (SSSR count). The van der Waals surface area contributed by atoms with Crippen LogP contribution in [-0.2, 0) is 18.9 Å². The highest BCUT2D eigenvalue weighted by Gasteiger charge is 2.30. The van der Waals surface area contributed by atoms with Crippen LogP contribution < -0.4 is 0 Å². The summed E-state index contributed by atoms with van der Waals surface area (Å²) in [7, 11) is 2.00. The number of nitrogens with one attached hydrogen (secondary N) is 2. The van der Waals surface area contributed by atoms with E-state index in [0.717, 1.165) is 34.9 Å². The van der Waals surface area contributed by atoms with Crippen molar-refractivity contribution >= 4 is 0 Å². The number of rotatable bonds is 6. The molecule has 7 nitrogen and oxygen atoms in total. The molecule has 2 N–H and O–H groups in total. The summed E-state index contributed by atoms with van der Waals surface area (Å²) in [6.07, 6.45) is 2.61. The van der Waals surface area contributed by atoms with E-state index < -0.39 is 0 Å². The topological polar surface area (TPSA) is 88.1 Å². The molecule has 0 amide bonds. The Morgan fingerprint density at radius 1 is 1.12 bits per heavy atom. The molecule has 134 valence electrons. The number of aryl methyl sites for hydroxylation is 1. The van der Waals surface area contributed by atoms with Gasteiger partial charge in [0.1, 0.15) is 0 Å². The summed E-state index contributed by atoms with van der Waals surface area (Å²) in [5.41, 5.74) is 5.22. The van der Waals surface area contributed by atoms with E-state index in [1.807, 2.05) is 11.7 Å². The summed E-state index contributed by atoms with van der Waals surface area (Å²) in [6.45, 7) is 10.9. The third-order valence-electron chi connectivity index (χ3n) is 4.91. The Morgan fingerprint density at radius 2 is 1.88 bits per heavy atom. The fourth-order valence-electron chi connectivity index (χ4n) is 3.16. The van der Waals surface area contributed by atoms with Crippen LogP contribution in [0.15, 0.2) is 18.3 Å². The maximum absolute atomic E-state index is 4.72. The molecule has 0 saturated carbocycles. The van der Waals surface area contributed by atoms with Crippen molar-refractivity contribution in [1.82, 2.24) is 35.4 Å². The van der Waals surface area contributed by atoms with Crippen molar-refractivity contribution in [1.29, 1.82) is 0 Å². The number of aromatic amines is 2. The molecule has 0 radical (unpaired) electrons. The van der Waals surface area contributed by atoms with Gasteiger partial charge in [0.15, 0.2) is 0 Å². The van der Waals surface area contributed by atoms with Gasteiger partial charge >= 0.3 is 0 Å². The van der Waals surface area contributed by atoms with Gasteiger partial charge in [-0.1, -0.05) is 26.0 Å². The van der Waals surface area contributed by atoms with Gasteiger partial charge in [0.05, 0.1) is 28.7 Å². The largest absolute Gasteiger partial charge is 0.282 e. The van der Waals surface area contributed by atoms with Crippen LogP contribution in [0.1, 0.15) is 74.9 Å². The molecule has 0 fully saturated rings. The molecule has 3 aromatic heterocycles. The Hall–Kier alpha value is -2.44. The predicted octanol–water partition coefficient (Wildman–Crippen LogP) is 3.06. The lowest BCUT2D eigenvalue weighted by Gasteiger charge is -2.22. The molecule has 0 aromatic carbocycles. The highest BCUT2D eigenvalue weighted by molar-refractivity contribution is 5.32. The molecule has 3 aromatic rings. The summed E-state index contributed by atoms with van der Waals surface area (Å²) in [6, 6.07) is 4.35. The molecule has 1 unspecified atom stereocenters. The van der Waals surface area contributed by atoms with E-state index in [-0.39, 0.29) is 5.41 Å². The van der Waals surface area contributed by atoms with Gasteiger partial charge in [-0.3, -0.25) is 14.9 Å². The summed E-state index contributed by atoms with van der Waals surface area (Å²) < 4.78 is 1.97. The third kappa shape index (κ3) is 3.36. The number of aromatic nitrogens is 7. The summed E-state index contributed by atoms with van der Waals surface area (Å²) in [4.78, 5) is 0. The molecule has 0 bridgehead atoms. The van der Waals surface area contributed by atoms with Crippen LogP contribution in [0.4, 0.5) is 0 Å². The number of hydrogen-bond acceptors (Lipinski definition) is 4. The minimum atomic E-state index is -0.220. The average molecular weight is 341 g/mol. The monoisotopic (exact) mass is 341 g/mol. The van der Waals surface area contributed by atoms with Gasteiger partial charge < -0.3 is 0 Å². The molecule has 0 aliphatic carbocycles. The van der Waals surface area contributed by atoms with Crippen molar-refractivity contribution < 1.29 is 0 Å². The van der Waals surface area contributed by atoms with Gasteiger partial charge in [0, 0.05) is 24.4 Å². The Balaban J connectivity index is 1.85. The number of nitrogens with zero attached hydrogens (tertiary/aromatic N) is 5. The van der Waals surface area contributed by atoms with E-state index in [1.54, 1.807) is 6.20 Å². The molecule has 1 atom stereocenters. The highest BCUT2D eigenvalue weighted by Crippen LogP contribution is 2.32. The first-order valence-electron chi connectivity index (χ1n) is 8.74. The van der Waals surface area contributed by atoms with E-state index >= 15 is 0 Å². The standard InChI is InChI=1S/C18H27N7/c1-11(2)14-9-16(22-20-14)18(4,5)17-8-13(23-25(17)6)7-12(3)15-10-19-24-21-15/h8-12H,7H2,1-6H3,(H,20,22)(H,19,21,24). The second-order valence-corrected chi connectivity index (χ2v) is 7.65. The fourth-order valence-corrected chi connectivity index (χ4v) is 3.16. The predicted molar refractivity (Wildman–Crippen MR) is 96.5 cm³/mol. The molecule has 3 heterocycles. The van der Waals surface area contributed by atoms with Crippen LogP contribution in [0.25, 0.3) is 0 Å². The second kappa shape index (κ2) is 6.46. The molecule has 0 aliphatic heterocycles. The molecular formula is C18H27N7. The van der Waals surface area contributed by atoms with E-state index in [4.69, 9.17) is 5.10 Å². The zero-order chi connectivity index (χ0) is 18.2. The van der Waals surface area contributed by atoms with E-state index in [2.05, 4.69) is 72.4 Å². The number of H-pyrrole nitrogens is 2. The Labute approximate surface area is 148 Å². The normalized spacial score (nSPS) is 13.6. The summed E-state index contributed by atoms with van der Waals surface area (Å²) in [5, 5.41) is 23.0. The maximum Gasteiger partial charge on any atom is 0.0740 e. The zero-order valence-electron chi connectivity index (χ0n) is 15.8.